The minimum Gasteiger partial charge on any atom is -0.368 e. The highest BCUT2D eigenvalue weighted by Crippen LogP contribution is 2.30. The van der Waals surface area contributed by atoms with Crippen LogP contribution in [-0.4, -0.2) is 22.1 Å². The van der Waals surface area contributed by atoms with Crippen molar-refractivity contribution in [2.24, 2.45) is 0 Å². The lowest BCUT2D eigenvalue weighted by atomic mass is 9.96. The molecule has 1 fully saturated rings. The molecule has 0 amide bonds. The van der Waals surface area contributed by atoms with Crippen LogP contribution in [0, 0.1) is 0 Å². The van der Waals surface area contributed by atoms with E-state index in [1.807, 2.05) is 13.8 Å². The first-order valence-corrected chi connectivity index (χ1v) is 7.34. The number of aromatic nitrogens is 2. The summed E-state index contributed by atoms with van der Waals surface area (Å²) < 4.78 is 38.8. The van der Waals surface area contributed by atoms with Gasteiger partial charge in [0.05, 0.1) is 0 Å². The van der Waals surface area contributed by atoms with E-state index >= 15 is 0 Å². The number of hydrogen-bond donors (Lipinski definition) is 2. The predicted octanol–water partition coefficient (Wildman–Crippen LogP) is 4.06. The van der Waals surface area contributed by atoms with Gasteiger partial charge in [-0.25, -0.2) is 4.98 Å². The molecule has 0 aliphatic heterocycles. The Balaban J connectivity index is 2.21. The summed E-state index contributed by atoms with van der Waals surface area (Å²) in [6.45, 7) is 3.70. The zero-order valence-corrected chi connectivity index (χ0v) is 12.3. The van der Waals surface area contributed by atoms with Crippen molar-refractivity contribution >= 4 is 11.8 Å². The van der Waals surface area contributed by atoms with E-state index in [1.54, 1.807) is 0 Å². The van der Waals surface area contributed by atoms with Crippen LogP contribution in [-0.2, 0) is 6.18 Å². The van der Waals surface area contributed by atoms with E-state index in [0.29, 0.717) is 0 Å². The van der Waals surface area contributed by atoms with Crippen LogP contribution in [0.25, 0.3) is 0 Å². The van der Waals surface area contributed by atoms with Gasteiger partial charge in [-0.2, -0.15) is 18.2 Å². The molecular weight excluding hydrogens is 281 g/mol. The van der Waals surface area contributed by atoms with Gasteiger partial charge >= 0.3 is 6.18 Å². The maximum absolute atomic E-state index is 12.9. The second-order valence-corrected chi connectivity index (χ2v) is 5.74. The molecule has 7 heteroatoms. The first kappa shape index (κ1) is 15.9. The highest BCUT2D eigenvalue weighted by Gasteiger charge is 2.34. The van der Waals surface area contributed by atoms with Gasteiger partial charge in [-0.1, -0.05) is 19.3 Å². The second kappa shape index (κ2) is 6.49. The summed E-state index contributed by atoms with van der Waals surface area (Å²) in [7, 11) is 0. The molecule has 0 bridgehead atoms. The van der Waals surface area contributed by atoms with Crippen LogP contribution in [0.4, 0.5) is 24.9 Å². The summed E-state index contributed by atoms with van der Waals surface area (Å²) in [6, 6.07) is 1.11. The fraction of sp³-hybridized carbons (Fsp3) is 0.714. The highest BCUT2D eigenvalue weighted by atomic mass is 19.4. The molecule has 0 aromatic carbocycles. The van der Waals surface area contributed by atoms with Crippen molar-refractivity contribution in [1.29, 1.82) is 0 Å². The van der Waals surface area contributed by atoms with Gasteiger partial charge in [-0.05, 0) is 26.7 Å². The molecule has 1 aromatic heterocycles. The topological polar surface area (TPSA) is 49.8 Å². The monoisotopic (exact) mass is 302 g/mol. The minimum atomic E-state index is -4.47. The molecule has 1 aliphatic carbocycles. The summed E-state index contributed by atoms with van der Waals surface area (Å²) in [4.78, 5) is 7.77. The van der Waals surface area contributed by atoms with Crippen LogP contribution >= 0.6 is 0 Å². The Hall–Kier alpha value is -1.53. The normalized spacial score (nSPS) is 17.0. The molecule has 1 aliphatic rings. The number of nitrogens with zero attached hydrogens (tertiary/aromatic N) is 2. The standard InChI is InChI=1S/C14H21F3N4/c1-9(2)18-12-8-11(14(15,16)17)20-13(21-12)19-10-6-4-3-5-7-10/h8-10H,3-7H2,1-2H3,(H2,18,19,20,21). The van der Waals surface area contributed by atoms with E-state index in [9.17, 15) is 13.2 Å². The third-order valence-electron chi connectivity index (χ3n) is 3.39. The fourth-order valence-corrected chi connectivity index (χ4v) is 2.46. The predicted molar refractivity (Wildman–Crippen MR) is 76.3 cm³/mol. The van der Waals surface area contributed by atoms with Crippen LogP contribution in [0.1, 0.15) is 51.6 Å². The smallest absolute Gasteiger partial charge is 0.368 e. The Labute approximate surface area is 122 Å². The summed E-state index contributed by atoms with van der Waals surface area (Å²) in [5.41, 5.74) is -0.918. The van der Waals surface area contributed by atoms with Crippen molar-refractivity contribution in [3.05, 3.63) is 11.8 Å². The molecule has 118 valence electrons. The van der Waals surface area contributed by atoms with Crippen molar-refractivity contribution in [2.45, 2.75) is 64.2 Å². The number of nitrogens with one attached hydrogen (secondary N) is 2. The molecule has 21 heavy (non-hydrogen) atoms. The van der Waals surface area contributed by atoms with E-state index in [1.165, 1.54) is 6.42 Å². The number of rotatable bonds is 4. The zero-order chi connectivity index (χ0) is 15.5. The molecule has 0 radical (unpaired) electrons. The third-order valence-corrected chi connectivity index (χ3v) is 3.39. The Morgan fingerprint density at radius 2 is 1.81 bits per heavy atom. The lowest BCUT2D eigenvalue weighted by Crippen LogP contribution is -2.25. The van der Waals surface area contributed by atoms with Gasteiger partial charge in [0.1, 0.15) is 5.82 Å². The van der Waals surface area contributed by atoms with Crippen molar-refractivity contribution in [3.63, 3.8) is 0 Å². The second-order valence-electron chi connectivity index (χ2n) is 5.74. The van der Waals surface area contributed by atoms with Crippen LogP contribution in [0.5, 0.6) is 0 Å². The molecule has 1 heterocycles. The van der Waals surface area contributed by atoms with Crippen LogP contribution in [0.15, 0.2) is 6.07 Å². The maximum Gasteiger partial charge on any atom is 0.433 e. The summed E-state index contributed by atoms with van der Waals surface area (Å²) in [5.74, 6) is 0.255. The number of anilines is 2. The average Bonchev–Trinajstić information content (AvgIpc) is 2.37. The maximum atomic E-state index is 12.9. The van der Waals surface area contributed by atoms with Crippen molar-refractivity contribution < 1.29 is 13.2 Å². The molecule has 0 spiro atoms. The van der Waals surface area contributed by atoms with Crippen molar-refractivity contribution in [1.82, 2.24) is 9.97 Å². The first-order chi connectivity index (χ1) is 9.84. The molecule has 1 aromatic rings. The average molecular weight is 302 g/mol. The highest BCUT2D eigenvalue weighted by molar-refractivity contribution is 5.44. The Kier molecular flexibility index (Phi) is 4.90. The lowest BCUT2D eigenvalue weighted by molar-refractivity contribution is -0.141. The molecule has 2 N–H and O–H groups in total. The minimum absolute atomic E-state index is 0.00325. The number of hydrogen-bond acceptors (Lipinski definition) is 4. The van der Waals surface area contributed by atoms with Crippen molar-refractivity contribution in [2.75, 3.05) is 10.6 Å². The SMILES string of the molecule is CC(C)Nc1cc(C(F)(F)F)nc(NC2CCCCC2)n1. The van der Waals surface area contributed by atoms with E-state index in [0.717, 1.165) is 31.7 Å². The summed E-state index contributed by atoms with van der Waals surface area (Å²) in [6.07, 6.45) is 0.793. The van der Waals surface area contributed by atoms with Crippen LogP contribution in [0.3, 0.4) is 0 Å². The van der Waals surface area contributed by atoms with E-state index < -0.39 is 11.9 Å². The number of alkyl halides is 3. The molecule has 0 unspecified atom stereocenters. The van der Waals surface area contributed by atoms with Gasteiger partial charge in [0.15, 0.2) is 5.69 Å². The van der Waals surface area contributed by atoms with Crippen LogP contribution < -0.4 is 10.6 Å². The van der Waals surface area contributed by atoms with Gasteiger partial charge in [0, 0.05) is 18.2 Å². The summed E-state index contributed by atoms with van der Waals surface area (Å²) >= 11 is 0. The quantitative estimate of drug-likeness (QED) is 0.880. The first-order valence-electron chi connectivity index (χ1n) is 7.34. The molecule has 2 rings (SSSR count). The number of halogens is 3. The third kappa shape index (κ3) is 4.75. The van der Waals surface area contributed by atoms with Crippen LogP contribution in [0.2, 0.25) is 0 Å². The van der Waals surface area contributed by atoms with Gasteiger partial charge in [-0.15, -0.1) is 0 Å². The van der Waals surface area contributed by atoms with Gasteiger partial charge in [0.25, 0.3) is 0 Å². The van der Waals surface area contributed by atoms with Gasteiger partial charge < -0.3 is 10.6 Å². The Bertz CT molecular complexity index is 468. The van der Waals surface area contributed by atoms with E-state index in [-0.39, 0.29) is 23.8 Å². The van der Waals surface area contributed by atoms with E-state index in [2.05, 4.69) is 20.6 Å². The summed E-state index contributed by atoms with van der Waals surface area (Å²) in [5, 5.41) is 5.95. The van der Waals surface area contributed by atoms with Crippen molar-refractivity contribution in [3.8, 4) is 0 Å². The lowest BCUT2D eigenvalue weighted by Gasteiger charge is -2.23. The van der Waals surface area contributed by atoms with E-state index in [4.69, 9.17) is 0 Å². The fourth-order valence-electron chi connectivity index (χ4n) is 2.46. The zero-order valence-electron chi connectivity index (χ0n) is 12.3. The molecule has 4 nitrogen and oxygen atoms in total. The molecule has 1 saturated carbocycles. The molecule has 0 saturated heterocycles. The van der Waals surface area contributed by atoms with Gasteiger partial charge in [-0.3, -0.25) is 0 Å². The molecular formula is C14H21F3N4. The Morgan fingerprint density at radius 3 is 2.38 bits per heavy atom. The largest absolute Gasteiger partial charge is 0.433 e. The Morgan fingerprint density at radius 1 is 1.14 bits per heavy atom. The molecule has 0 atom stereocenters. The van der Waals surface area contributed by atoms with Gasteiger partial charge in [0.2, 0.25) is 5.95 Å².